The molecule has 0 radical (unpaired) electrons. The van der Waals surface area contributed by atoms with Crippen LogP contribution in [0.3, 0.4) is 0 Å². The van der Waals surface area contributed by atoms with Crippen molar-refractivity contribution in [3.8, 4) is 0 Å². The van der Waals surface area contributed by atoms with E-state index in [-0.39, 0.29) is 5.91 Å². The molecule has 1 aromatic carbocycles. The summed E-state index contributed by atoms with van der Waals surface area (Å²) >= 11 is 0. The van der Waals surface area contributed by atoms with E-state index in [4.69, 9.17) is 4.42 Å². The van der Waals surface area contributed by atoms with E-state index >= 15 is 0 Å². The van der Waals surface area contributed by atoms with Crippen LogP contribution >= 0.6 is 0 Å². The fourth-order valence-corrected chi connectivity index (χ4v) is 2.96. The van der Waals surface area contributed by atoms with E-state index in [2.05, 4.69) is 5.10 Å². The molecule has 2 heterocycles. The lowest BCUT2D eigenvalue weighted by molar-refractivity contribution is -0.132. The minimum atomic E-state index is 0.0689. The van der Waals surface area contributed by atoms with Crippen LogP contribution in [0.25, 0.3) is 0 Å². The maximum absolute atomic E-state index is 13.0. The van der Waals surface area contributed by atoms with E-state index in [1.807, 2.05) is 72.9 Å². The SMILES string of the molecule is Cc1nn(C)c(C)c1CC(=O)N(Cc1ccccc1)Cc1ccco1. The molecule has 0 fully saturated rings. The summed E-state index contributed by atoms with van der Waals surface area (Å²) < 4.78 is 7.27. The van der Waals surface area contributed by atoms with Crippen molar-refractivity contribution in [1.29, 1.82) is 0 Å². The number of carbonyl (C=O) groups is 1. The molecule has 0 aliphatic carbocycles. The monoisotopic (exact) mass is 337 g/mol. The molecule has 3 aromatic rings. The van der Waals surface area contributed by atoms with Gasteiger partial charge in [-0.25, -0.2) is 0 Å². The average molecular weight is 337 g/mol. The lowest BCUT2D eigenvalue weighted by Gasteiger charge is -2.22. The van der Waals surface area contributed by atoms with Gasteiger partial charge in [0.05, 0.1) is 24.9 Å². The van der Waals surface area contributed by atoms with Crippen LogP contribution in [0, 0.1) is 13.8 Å². The maximum atomic E-state index is 13.0. The van der Waals surface area contributed by atoms with Gasteiger partial charge in [-0.2, -0.15) is 5.10 Å². The van der Waals surface area contributed by atoms with Gasteiger partial charge in [0.2, 0.25) is 5.91 Å². The molecular weight excluding hydrogens is 314 g/mol. The van der Waals surface area contributed by atoms with E-state index in [1.165, 1.54) is 0 Å². The lowest BCUT2D eigenvalue weighted by atomic mass is 10.1. The summed E-state index contributed by atoms with van der Waals surface area (Å²) in [5.41, 5.74) is 4.04. The van der Waals surface area contributed by atoms with Crippen LogP contribution in [0.1, 0.15) is 28.3 Å². The first kappa shape index (κ1) is 17.0. The highest BCUT2D eigenvalue weighted by molar-refractivity contribution is 5.79. The summed E-state index contributed by atoms with van der Waals surface area (Å²) in [6, 6.07) is 13.7. The summed E-state index contributed by atoms with van der Waals surface area (Å²) in [7, 11) is 1.90. The second-order valence-electron chi connectivity index (χ2n) is 6.26. The molecule has 0 aliphatic rings. The number of carbonyl (C=O) groups excluding carboxylic acids is 1. The van der Waals surface area contributed by atoms with Crippen molar-refractivity contribution in [2.45, 2.75) is 33.4 Å². The average Bonchev–Trinajstić information content (AvgIpc) is 3.19. The molecular formula is C20H23N3O2. The largest absolute Gasteiger partial charge is 0.467 e. The Bertz CT molecular complexity index is 835. The molecule has 0 N–H and O–H groups in total. The Labute approximate surface area is 147 Å². The van der Waals surface area contributed by atoms with Crippen molar-refractivity contribution in [2.75, 3.05) is 0 Å². The van der Waals surface area contributed by atoms with Crippen molar-refractivity contribution in [3.63, 3.8) is 0 Å². The van der Waals surface area contributed by atoms with E-state index in [9.17, 15) is 4.79 Å². The van der Waals surface area contributed by atoms with Gasteiger partial charge in [-0.1, -0.05) is 30.3 Å². The van der Waals surface area contributed by atoms with E-state index in [1.54, 1.807) is 6.26 Å². The van der Waals surface area contributed by atoms with Crippen molar-refractivity contribution in [3.05, 3.63) is 77.0 Å². The molecule has 0 atom stereocenters. The fraction of sp³-hybridized carbons (Fsp3) is 0.300. The molecule has 0 spiro atoms. The van der Waals surface area contributed by atoms with Crippen LogP contribution in [0.2, 0.25) is 0 Å². The number of rotatable bonds is 6. The van der Waals surface area contributed by atoms with E-state index < -0.39 is 0 Å². The number of amides is 1. The number of nitrogens with zero attached hydrogens (tertiary/aromatic N) is 3. The van der Waals surface area contributed by atoms with Gasteiger partial charge in [-0.05, 0) is 31.5 Å². The van der Waals surface area contributed by atoms with E-state index in [0.29, 0.717) is 19.5 Å². The molecule has 0 bridgehead atoms. The zero-order valence-corrected chi connectivity index (χ0v) is 14.9. The van der Waals surface area contributed by atoms with Crippen molar-refractivity contribution in [1.82, 2.24) is 14.7 Å². The first-order valence-electron chi connectivity index (χ1n) is 8.37. The third-order valence-electron chi connectivity index (χ3n) is 4.48. The molecule has 1 amide bonds. The third kappa shape index (κ3) is 3.99. The molecule has 2 aromatic heterocycles. The molecule has 3 rings (SSSR count). The summed E-state index contributed by atoms with van der Waals surface area (Å²) in [6.07, 6.45) is 1.98. The Morgan fingerprint density at radius 1 is 1.12 bits per heavy atom. The fourth-order valence-electron chi connectivity index (χ4n) is 2.96. The van der Waals surface area contributed by atoms with Crippen LogP contribution < -0.4 is 0 Å². The minimum absolute atomic E-state index is 0.0689. The number of aromatic nitrogens is 2. The van der Waals surface area contributed by atoms with Crippen molar-refractivity contribution >= 4 is 5.91 Å². The predicted molar refractivity (Wildman–Crippen MR) is 95.8 cm³/mol. The van der Waals surface area contributed by atoms with Crippen LogP contribution in [-0.4, -0.2) is 20.6 Å². The molecule has 0 unspecified atom stereocenters. The highest BCUT2D eigenvalue weighted by Gasteiger charge is 2.20. The molecule has 5 heteroatoms. The van der Waals surface area contributed by atoms with Crippen LogP contribution in [0.15, 0.2) is 53.1 Å². The Balaban J connectivity index is 1.81. The normalized spacial score (nSPS) is 10.8. The van der Waals surface area contributed by atoms with Crippen LogP contribution in [-0.2, 0) is 31.4 Å². The summed E-state index contributed by atoms with van der Waals surface area (Å²) in [6.45, 7) is 4.96. The lowest BCUT2D eigenvalue weighted by Crippen LogP contribution is -2.31. The quantitative estimate of drug-likeness (QED) is 0.693. The number of aryl methyl sites for hydroxylation is 2. The van der Waals surface area contributed by atoms with Crippen LogP contribution in [0.4, 0.5) is 0 Å². The minimum Gasteiger partial charge on any atom is -0.467 e. The molecule has 0 saturated heterocycles. The van der Waals surface area contributed by atoms with Crippen molar-refractivity contribution in [2.24, 2.45) is 7.05 Å². The zero-order chi connectivity index (χ0) is 17.8. The molecule has 0 saturated carbocycles. The number of hydrogen-bond acceptors (Lipinski definition) is 3. The summed E-state index contributed by atoms with van der Waals surface area (Å²) in [5.74, 6) is 0.850. The van der Waals surface area contributed by atoms with E-state index in [0.717, 1.165) is 28.3 Å². The molecule has 0 aliphatic heterocycles. The van der Waals surface area contributed by atoms with Crippen LogP contribution in [0.5, 0.6) is 0 Å². The van der Waals surface area contributed by atoms with Gasteiger partial charge in [0, 0.05) is 24.8 Å². The molecule has 25 heavy (non-hydrogen) atoms. The summed E-state index contributed by atoms with van der Waals surface area (Å²) in [4.78, 5) is 14.8. The second kappa shape index (κ2) is 7.38. The smallest absolute Gasteiger partial charge is 0.227 e. The highest BCUT2D eigenvalue weighted by atomic mass is 16.3. The maximum Gasteiger partial charge on any atom is 0.227 e. The van der Waals surface area contributed by atoms with Gasteiger partial charge in [0.1, 0.15) is 5.76 Å². The predicted octanol–water partition coefficient (Wildman–Crippen LogP) is 3.40. The van der Waals surface area contributed by atoms with Gasteiger partial charge < -0.3 is 9.32 Å². The van der Waals surface area contributed by atoms with Gasteiger partial charge in [0.15, 0.2) is 0 Å². The van der Waals surface area contributed by atoms with Gasteiger partial charge >= 0.3 is 0 Å². The molecule has 5 nitrogen and oxygen atoms in total. The number of hydrogen-bond donors (Lipinski definition) is 0. The first-order chi connectivity index (χ1) is 12.0. The Morgan fingerprint density at radius 3 is 2.48 bits per heavy atom. The Morgan fingerprint density at radius 2 is 1.88 bits per heavy atom. The van der Waals surface area contributed by atoms with Gasteiger partial charge in [0.25, 0.3) is 0 Å². The second-order valence-corrected chi connectivity index (χ2v) is 6.26. The Hall–Kier alpha value is -2.82. The van der Waals surface area contributed by atoms with Gasteiger partial charge in [-0.15, -0.1) is 0 Å². The summed E-state index contributed by atoms with van der Waals surface area (Å²) in [5, 5.41) is 4.41. The topological polar surface area (TPSA) is 51.3 Å². The number of benzene rings is 1. The zero-order valence-electron chi connectivity index (χ0n) is 14.9. The van der Waals surface area contributed by atoms with Crippen molar-refractivity contribution < 1.29 is 9.21 Å². The molecule has 130 valence electrons. The Kier molecular flexibility index (Phi) is 5.03. The first-order valence-corrected chi connectivity index (χ1v) is 8.37. The third-order valence-corrected chi connectivity index (χ3v) is 4.48. The van der Waals surface area contributed by atoms with Gasteiger partial charge in [-0.3, -0.25) is 9.48 Å². The number of furan rings is 1. The standard InChI is InChI=1S/C20H23N3O2/c1-15-19(16(2)22(3)21-15)12-20(24)23(14-18-10-7-11-25-18)13-17-8-5-4-6-9-17/h4-11H,12-14H2,1-3H3. The highest BCUT2D eigenvalue weighted by Crippen LogP contribution is 2.17.